The highest BCUT2D eigenvalue weighted by Gasteiger charge is 2.09. The van der Waals surface area contributed by atoms with Gasteiger partial charge in [-0.25, -0.2) is 10.2 Å². The van der Waals surface area contributed by atoms with Gasteiger partial charge in [-0.15, -0.1) is 5.10 Å². The number of benzene rings is 2. The van der Waals surface area contributed by atoms with Crippen LogP contribution in [0.15, 0.2) is 72.9 Å². The monoisotopic (exact) mass is 446 g/mol. The number of carbonyl (C=O) groups is 1. The van der Waals surface area contributed by atoms with Gasteiger partial charge in [-0.05, 0) is 35.8 Å². The lowest BCUT2D eigenvalue weighted by molar-refractivity contribution is -0.129. The minimum Gasteiger partial charge on any atom is -0.497 e. The Morgan fingerprint density at radius 2 is 1.91 bits per heavy atom. The van der Waals surface area contributed by atoms with Crippen LogP contribution in [0.4, 0.5) is 0 Å². The quantitative estimate of drug-likeness (QED) is 0.313. The van der Waals surface area contributed by atoms with Gasteiger partial charge in [0.15, 0.2) is 0 Å². The molecule has 1 aromatic heterocycles. The molecule has 0 aliphatic rings. The minimum absolute atomic E-state index is 0.0986. The molecule has 0 saturated heterocycles. The van der Waals surface area contributed by atoms with Gasteiger partial charge in [0.25, 0.3) is 5.91 Å². The van der Waals surface area contributed by atoms with Crippen molar-refractivity contribution in [2.75, 3.05) is 7.11 Å². The highest BCUT2D eigenvalue weighted by Crippen LogP contribution is 2.18. The van der Waals surface area contributed by atoms with Crippen LogP contribution in [0.3, 0.4) is 0 Å². The molecule has 33 heavy (non-hydrogen) atoms. The summed E-state index contributed by atoms with van der Waals surface area (Å²) in [4.78, 5) is 17.3. The van der Waals surface area contributed by atoms with E-state index in [-0.39, 0.29) is 18.6 Å². The van der Waals surface area contributed by atoms with Crippen LogP contribution in [0.1, 0.15) is 49.0 Å². The van der Waals surface area contributed by atoms with Crippen LogP contribution in [-0.4, -0.2) is 28.0 Å². The van der Waals surface area contributed by atoms with Crippen LogP contribution >= 0.6 is 0 Å². The molecule has 7 nitrogen and oxygen atoms in total. The predicted molar refractivity (Wildman–Crippen MR) is 129 cm³/mol. The number of nitrogens with one attached hydrogen (secondary N) is 1. The molecule has 1 atom stereocenters. The van der Waals surface area contributed by atoms with Crippen molar-refractivity contribution in [3.8, 4) is 5.75 Å². The Kier molecular flexibility index (Phi) is 9.42. The molecule has 1 unspecified atom stereocenters. The van der Waals surface area contributed by atoms with Gasteiger partial charge in [-0.2, -0.15) is 0 Å². The average Bonchev–Trinajstić information content (AvgIpc) is 3.33. The molecular weight excluding hydrogens is 416 g/mol. The van der Waals surface area contributed by atoms with Crippen LogP contribution in [0.2, 0.25) is 0 Å². The lowest BCUT2D eigenvalue weighted by atomic mass is 10.1. The molecule has 172 valence electrons. The highest BCUT2D eigenvalue weighted by atomic mass is 16.6. The SMILES string of the molecule is CCCCC(/C=C/c1ccccc1)n1cc(/C=C/C(=O)NOCc2ccc(OC)cc2)nn1. The second-order valence-corrected chi connectivity index (χ2v) is 7.54. The lowest BCUT2D eigenvalue weighted by Gasteiger charge is -2.12. The zero-order valence-corrected chi connectivity index (χ0v) is 19.1. The number of unbranched alkanes of at least 4 members (excludes halogenated alkanes) is 1. The predicted octanol–water partition coefficient (Wildman–Crippen LogP) is 4.99. The van der Waals surface area contributed by atoms with E-state index in [9.17, 15) is 4.79 Å². The van der Waals surface area contributed by atoms with E-state index in [4.69, 9.17) is 9.57 Å². The number of amides is 1. The number of rotatable bonds is 12. The summed E-state index contributed by atoms with van der Waals surface area (Å²) in [7, 11) is 1.61. The van der Waals surface area contributed by atoms with E-state index in [0.29, 0.717) is 5.69 Å². The normalized spacial score (nSPS) is 12.3. The van der Waals surface area contributed by atoms with Crippen molar-refractivity contribution in [1.82, 2.24) is 20.5 Å². The second-order valence-electron chi connectivity index (χ2n) is 7.54. The fraction of sp³-hybridized carbons (Fsp3) is 0.269. The van der Waals surface area contributed by atoms with Gasteiger partial charge in [-0.1, -0.05) is 79.6 Å². The first-order valence-corrected chi connectivity index (χ1v) is 11.1. The molecule has 0 radical (unpaired) electrons. The number of methoxy groups -OCH3 is 1. The van der Waals surface area contributed by atoms with Crippen LogP contribution in [0.25, 0.3) is 12.2 Å². The van der Waals surface area contributed by atoms with Gasteiger partial charge in [0.2, 0.25) is 0 Å². The smallest absolute Gasteiger partial charge is 0.267 e. The van der Waals surface area contributed by atoms with E-state index in [2.05, 4.69) is 47.0 Å². The van der Waals surface area contributed by atoms with Crippen molar-refractivity contribution in [3.63, 3.8) is 0 Å². The van der Waals surface area contributed by atoms with Gasteiger partial charge in [0.05, 0.1) is 26.0 Å². The van der Waals surface area contributed by atoms with Gasteiger partial charge in [-0.3, -0.25) is 9.63 Å². The molecule has 0 bridgehead atoms. The molecule has 0 aliphatic heterocycles. The van der Waals surface area contributed by atoms with Gasteiger partial charge >= 0.3 is 0 Å². The summed E-state index contributed by atoms with van der Waals surface area (Å²) < 4.78 is 6.96. The fourth-order valence-electron chi connectivity index (χ4n) is 3.15. The molecule has 0 saturated carbocycles. The first kappa shape index (κ1) is 23.9. The number of nitrogens with zero attached hydrogens (tertiary/aromatic N) is 3. The van der Waals surface area contributed by atoms with E-state index >= 15 is 0 Å². The molecule has 0 aliphatic carbocycles. The first-order chi connectivity index (χ1) is 16.2. The van der Waals surface area contributed by atoms with Crippen molar-refractivity contribution in [1.29, 1.82) is 0 Å². The van der Waals surface area contributed by atoms with Crippen LogP contribution in [0, 0.1) is 0 Å². The third kappa shape index (κ3) is 8.05. The molecule has 0 fully saturated rings. The van der Waals surface area contributed by atoms with Crippen molar-refractivity contribution in [3.05, 3.63) is 89.8 Å². The summed E-state index contributed by atoms with van der Waals surface area (Å²) in [6.07, 6.45) is 12.2. The summed E-state index contributed by atoms with van der Waals surface area (Å²) in [6, 6.07) is 17.7. The molecule has 1 heterocycles. The molecule has 3 rings (SSSR count). The maximum Gasteiger partial charge on any atom is 0.267 e. The Labute approximate surface area is 194 Å². The summed E-state index contributed by atoms with van der Waals surface area (Å²) in [6.45, 7) is 2.43. The van der Waals surface area contributed by atoms with E-state index < -0.39 is 0 Å². The number of allylic oxidation sites excluding steroid dienone is 1. The van der Waals surface area contributed by atoms with Gasteiger partial charge < -0.3 is 4.74 Å². The number of hydrogen-bond acceptors (Lipinski definition) is 5. The van der Waals surface area contributed by atoms with Gasteiger partial charge in [0, 0.05) is 6.08 Å². The van der Waals surface area contributed by atoms with E-state index in [1.165, 1.54) is 6.08 Å². The lowest BCUT2D eigenvalue weighted by Crippen LogP contribution is -2.21. The van der Waals surface area contributed by atoms with Crippen molar-refractivity contribution < 1.29 is 14.4 Å². The number of hydrogen-bond donors (Lipinski definition) is 1. The Bertz CT molecular complexity index is 1040. The summed E-state index contributed by atoms with van der Waals surface area (Å²) >= 11 is 0. The number of carbonyl (C=O) groups excluding carboxylic acids is 1. The standard InChI is InChI=1S/C26H30N4O3/c1-3-4-10-24(15-11-21-8-6-5-7-9-21)30-19-23(27-29-30)14-18-26(31)28-33-20-22-12-16-25(32-2)17-13-22/h5-9,11-19,24H,3-4,10,20H2,1-2H3,(H,28,31)/b15-11+,18-14+. The van der Waals surface area contributed by atoms with Crippen molar-refractivity contribution >= 4 is 18.1 Å². The summed E-state index contributed by atoms with van der Waals surface area (Å²) in [5.41, 5.74) is 5.07. The summed E-state index contributed by atoms with van der Waals surface area (Å²) in [5, 5.41) is 8.44. The fourth-order valence-corrected chi connectivity index (χ4v) is 3.15. The first-order valence-electron chi connectivity index (χ1n) is 11.1. The number of hydroxylamine groups is 1. The zero-order valence-electron chi connectivity index (χ0n) is 19.1. The second kappa shape index (κ2) is 13.0. The van der Waals surface area contributed by atoms with Crippen LogP contribution in [0.5, 0.6) is 5.75 Å². The Morgan fingerprint density at radius 3 is 2.64 bits per heavy atom. The minimum atomic E-state index is -0.371. The Morgan fingerprint density at radius 1 is 1.12 bits per heavy atom. The zero-order chi connectivity index (χ0) is 23.3. The molecule has 1 amide bonds. The highest BCUT2D eigenvalue weighted by molar-refractivity contribution is 5.90. The maximum absolute atomic E-state index is 12.0. The molecule has 3 aromatic rings. The average molecular weight is 447 g/mol. The Balaban J connectivity index is 1.53. The van der Waals surface area contributed by atoms with Crippen molar-refractivity contribution in [2.45, 2.75) is 38.8 Å². The van der Waals surface area contributed by atoms with E-state index in [1.54, 1.807) is 13.2 Å². The number of ether oxygens (including phenoxy) is 1. The number of aromatic nitrogens is 3. The van der Waals surface area contributed by atoms with Crippen LogP contribution in [-0.2, 0) is 16.2 Å². The topological polar surface area (TPSA) is 78.3 Å². The molecule has 1 N–H and O–H groups in total. The summed E-state index contributed by atoms with van der Waals surface area (Å²) in [5.74, 6) is 0.399. The molecule has 7 heteroatoms. The maximum atomic E-state index is 12.0. The Hall–Kier alpha value is -3.71. The molecule has 0 spiro atoms. The van der Waals surface area contributed by atoms with Crippen molar-refractivity contribution in [2.24, 2.45) is 0 Å². The van der Waals surface area contributed by atoms with Crippen LogP contribution < -0.4 is 10.2 Å². The third-order valence-electron chi connectivity index (χ3n) is 5.01. The van der Waals surface area contributed by atoms with E-state index in [0.717, 1.165) is 36.1 Å². The third-order valence-corrected chi connectivity index (χ3v) is 5.01. The largest absolute Gasteiger partial charge is 0.497 e. The van der Waals surface area contributed by atoms with E-state index in [1.807, 2.05) is 53.3 Å². The molecular formula is C26H30N4O3. The van der Waals surface area contributed by atoms with Gasteiger partial charge in [0.1, 0.15) is 11.4 Å². The molecule has 2 aromatic carbocycles.